The molecular weight excluding hydrogens is 459 g/mol. The topological polar surface area (TPSA) is 104 Å². The number of imide groups is 1. The fourth-order valence-corrected chi connectivity index (χ4v) is 3.52. The summed E-state index contributed by atoms with van der Waals surface area (Å²) < 4.78 is 46.1. The van der Waals surface area contributed by atoms with Gasteiger partial charge in [0.15, 0.2) is 0 Å². The van der Waals surface area contributed by atoms with Gasteiger partial charge in [0.25, 0.3) is 11.8 Å². The molecule has 0 radical (unpaired) electrons. The number of alkyl halides is 3. The highest BCUT2D eigenvalue weighted by atomic mass is 19.4. The molecule has 0 bridgehead atoms. The molecule has 4 amide bonds. The lowest BCUT2D eigenvalue weighted by Gasteiger charge is -2.26. The third kappa shape index (κ3) is 5.61. The number of anilines is 1. The highest BCUT2D eigenvalue weighted by Gasteiger charge is 2.37. The molecule has 3 heterocycles. The van der Waals surface area contributed by atoms with Crippen molar-refractivity contribution in [2.75, 3.05) is 37.7 Å². The predicted molar refractivity (Wildman–Crippen MR) is 111 cm³/mol. The molecule has 2 saturated heterocycles. The molecule has 0 atom stereocenters. The van der Waals surface area contributed by atoms with Gasteiger partial charge in [-0.1, -0.05) is 0 Å². The number of morpholine rings is 1. The van der Waals surface area contributed by atoms with Gasteiger partial charge in [-0.3, -0.25) is 20.0 Å². The summed E-state index contributed by atoms with van der Waals surface area (Å²) in [5.41, 5.74) is 3.60. The molecule has 180 valence electrons. The molecule has 34 heavy (non-hydrogen) atoms. The minimum atomic E-state index is -4.85. The lowest BCUT2D eigenvalue weighted by atomic mass is 10.2. The average Bonchev–Trinajstić information content (AvgIpc) is 3.07. The number of nitrogens with one attached hydrogen (secondary N) is 1. The molecule has 2 fully saturated rings. The van der Waals surface area contributed by atoms with Gasteiger partial charge in [0.2, 0.25) is 0 Å². The van der Waals surface area contributed by atoms with E-state index in [9.17, 15) is 27.6 Å². The van der Waals surface area contributed by atoms with Crippen LogP contribution in [0.4, 0.5) is 23.7 Å². The van der Waals surface area contributed by atoms with E-state index < -0.39 is 30.0 Å². The lowest BCUT2D eigenvalue weighted by Crippen LogP contribution is -2.48. The Hall–Kier alpha value is -3.71. The normalized spacial score (nSPS) is 17.3. The fourth-order valence-electron chi connectivity index (χ4n) is 3.52. The van der Waals surface area contributed by atoms with Gasteiger partial charge < -0.3 is 14.4 Å². The third-order valence-electron chi connectivity index (χ3n) is 5.07. The number of hydrogen-bond acceptors (Lipinski definition) is 7. The molecule has 4 rings (SSSR count). The Bertz CT molecular complexity index is 1070. The third-order valence-corrected chi connectivity index (χ3v) is 5.07. The second-order valence-electron chi connectivity index (χ2n) is 7.50. The summed E-state index contributed by atoms with van der Waals surface area (Å²) in [4.78, 5) is 44.0. The highest BCUT2D eigenvalue weighted by molar-refractivity contribution is 6.19. The van der Waals surface area contributed by atoms with Gasteiger partial charge in [-0.2, -0.15) is 0 Å². The van der Waals surface area contributed by atoms with Crippen molar-refractivity contribution in [1.29, 1.82) is 0 Å². The Labute approximate surface area is 191 Å². The Kier molecular flexibility index (Phi) is 6.65. The number of halogens is 3. The minimum Gasteiger partial charge on any atom is -0.406 e. The quantitative estimate of drug-likeness (QED) is 0.632. The number of hydrogen-bond donors (Lipinski definition) is 1. The average molecular weight is 479 g/mol. The van der Waals surface area contributed by atoms with Gasteiger partial charge in [-0.25, -0.2) is 14.7 Å². The number of nitrogens with zero attached hydrogens (tertiary/aromatic N) is 4. The van der Waals surface area contributed by atoms with Crippen molar-refractivity contribution >= 4 is 23.5 Å². The number of pyridine rings is 1. The number of ether oxygens (including phenoxy) is 2. The first-order valence-corrected chi connectivity index (χ1v) is 10.3. The summed E-state index contributed by atoms with van der Waals surface area (Å²) in [6, 6.07) is 6.95. The zero-order chi connectivity index (χ0) is 24.3. The van der Waals surface area contributed by atoms with Crippen molar-refractivity contribution in [1.82, 2.24) is 20.3 Å². The SMILES string of the molecule is O=C(NN1CCOCC1)c1cc(CN2CC(=O)N(c3ccc(OC(F)(F)F)cc3)C2=O)ccn1. The molecule has 0 saturated carbocycles. The van der Waals surface area contributed by atoms with Gasteiger partial charge in [0.05, 0.1) is 18.9 Å². The van der Waals surface area contributed by atoms with Gasteiger partial charge in [0, 0.05) is 25.8 Å². The first-order valence-electron chi connectivity index (χ1n) is 10.3. The van der Waals surface area contributed by atoms with Crippen LogP contribution < -0.4 is 15.1 Å². The van der Waals surface area contributed by atoms with Crippen molar-refractivity contribution in [3.05, 3.63) is 53.9 Å². The first-order chi connectivity index (χ1) is 16.2. The second-order valence-corrected chi connectivity index (χ2v) is 7.50. The van der Waals surface area contributed by atoms with Crippen LogP contribution in [-0.4, -0.2) is 71.9 Å². The summed E-state index contributed by atoms with van der Waals surface area (Å²) >= 11 is 0. The number of rotatable bonds is 6. The van der Waals surface area contributed by atoms with Gasteiger partial charge in [-0.05, 0) is 42.0 Å². The minimum absolute atomic E-state index is 0.0384. The van der Waals surface area contributed by atoms with E-state index in [4.69, 9.17) is 4.74 Å². The van der Waals surface area contributed by atoms with Crippen LogP contribution >= 0.6 is 0 Å². The molecule has 10 nitrogen and oxygen atoms in total. The van der Waals surface area contributed by atoms with Crippen LogP contribution in [0.15, 0.2) is 42.6 Å². The summed E-state index contributed by atoms with van der Waals surface area (Å²) in [7, 11) is 0. The molecular formula is C21H20F3N5O5. The fraction of sp³-hybridized carbons (Fsp3) is 0.333. The second kappa shape index (κ2) is 9.65. The largest absolute Gasteiger partial charge is 0.573 e. The monoisotopic (exact) mass is 479 g/mol. The van der Waals surface area contributed by atoms with Gasteiger partial charge >= 0.3 is 12.4 Å². The zero-order valence-corrected chi connectivity index (χ0v) is 17.7. The number of hydrazine groups is 1. The lowest BCUT2D eigenvalue weighted by molar-refractivity contribution is -0.274. The Morgan fingerprint density at radius 3 is 2.50 bits per heavy atom. The smallest absolute Gasteiger partial charge is 0.406 e. The van der Waals surface area contributed by atoms with Crippen LogP contribution in [0.25, 0.3) is 0 Å². The number of benzene rings is 1. The summed E-state index contributed by atoms with van der Waals surface area (Å²) in [5, 5.41) is 1.73. The maximum atomic E-state index is 12.8. The Morgan fingerprint density at radius 2 is 1.82 bits per heavy atom. The van der Waals surface area contributed by atoms with E-state index in [1.54, 1.807) is 11.1 Å². The van der Waals surface area contributed by atoms with Crippen LogP contribution in [0, 0.1) is 0 Å². The van der Waals surface area contributed by atoms with Gasteiger partial charge in [0.1, 0.15) is 18.0 Å². The van der Waals surface area contributed by atoms with Crippen molar-refractivity contribution in [3.63, 3.8) is 0 Å². The Balaban J connectivity index is 1.41. The number of amides is 4. The summed E-state index contributed by atoms with van der Waals surface area (Å²) in [6.45, 7) is 1.93. The van der Waals surface area contributed by atoms with Crippen LogP contribution in [-0.2, 0) is 16.1 Å². The highest BCUT2D eigenvalue weighted by Crippen LogP contribution is 2.28. The van der Waals surface area contributed by atoms with Gasteiger partial charge in [-0.15, -0.1) is 13.2 Å². The van der Waals surface area contributed by atoms with E-state index >= 15 is 0 Å². The number of aromatic nitrogens is 1. The van der Waals surface area contributed by atoms with E-state index in [2.05, 4.69) is 15.1 Å². The number of urea groups is 1. The molecule has 1 aromatic carbocycles. The Morgan fingerprint density at radius 1 is 1.12 bits per heavy atom. The van der Waals surface area contributed by atoms with E-state index in [-0.39, 0.29) is 24.5 Å². The van der Waals surface area contributed by atoms with Crippen LogP contribution in [0.1, 0.15) is 16.1 Å². The van der Waals surface area contributed by atoms with Crippen molar-refractivity contribution < 1.29 is 37.0 Å². The summed E-state index contributed by atoms with van der Waals surface area (Å²) in [6.07, 6.45) is -3.41. The molecule has 0 aliphatic carbocycles. The maximum absolute atomic E-state index is 12.8. The van der Waals surface area contributed by atoms with E-state index in [0.29, 0.717) is 31.9 Å². The summed E-state index contributed by atoms with van der Waals surface area (Å²) in [5.74, 6) is -1.41. The van der Waals surface area contributed by atoms with Crippen LogP contribution in [0.3, 0.4) is 0 Å². The van der Waals surface area contributed by atoms with E-state index in [1.165, 1.54) is 29.3 Å². The molecule has 1 aromatic heterocycles. The molecule has 1 N–H and O–H groups in total. The molecule has 2 aromatic rings. The van der Waals surface area contributed by atoms with E-state index in [1.807, 2.05) is 0 Å². The molecule has 0 unspecified atom stereocenters. The standard InChI is InChI=1S/C21H20F3N5O5/c22-21(23,24)34-16-3-1-15(2-4-16)29-18(30)13-27(20(29)32)12-14-5-6-25-17(11-14)19(31)26-28-7-9-33-10-8-28/h1-6,11H,7-10,12-13H2,(H,26,31). The van der Waals surface area contributed by atoms with Crippen molar-refractivity contribution in [2.45, 2.75) is 12.9 Å². The molecule has 13 heteroatoms. The molecule has 0 spiro atoms. The van der Waals surface area contributed by atoms with Crippen molar-refractivity contribution in [2.24, 2.45) is 0 Å². The van der Waals surface area contributed by atoms with Crippen LogP contribution in [0.2, 0.25) is 0 Å². The maximum Gasteiger partial charge on any atom is 0.573 e. The first kappa shape index (κ1) is 23.4. The molecule has 2 aliphatic rings. The van der Waals surface area contributed by atoms with Crippen LogP contribution in [0.5, 0.6) is 5.75 Å². The van der Waals surface area contributed by atoms with Crippen molar-refractivity contribution in [3.8, 4) is 5.75 Å². The number of carbonyl (C=O) groups is 3. The van der Waals surface area contributed by atoms with E-state index in [0.717, 1.165) is 17.0 Å². The number of carbonyl (C=O) groups excluding carboxylic acids is 3. The predicted octanol–water partition coefficient (Wildman–Crippen LogP) is 1.93. The zero-order valence-electron chi connectivity index (χ0n) is 17.7. The molecule has 2 aliphatic heterocycles.